The van der Waals surface area contributed by atoms with Crippen LogP contribution in [-0.4, -0.2) is 62.4 Å². The Labute approximate surface area is 166 Å². The number of ether oxygens (including phenoxy) is 3. The molecule has 156 valence electrons. The third-order valence-electron chi connectivity index (χ3n) is 6.02. The first-order chi connectivity index (χ1) is 13.6. The van der Waals surface area contributed by atoms with E-state index in [-0.39, 0.29) is 16.1 Å². The summed E-state index contributed by atoms with van der Waals surface area (Å²) in [6.45, 7) is 4.71. The van der Waals surface area contributed by atoms with Crippen molar-refractivity contribution in [2.75, 3.05) is 47.1 Å². The normalized spacial score (nSPS) is 19.9. The van der Waals surface area contributed by atoms with Gasteiger partial charge >= 0.3 is 0 Å². The standard InChI is InChI=1S/C20H31N3O5/c1-26-18-12-16(17(23(24)25)13-19(18)27-2)14-21-15-20(6-4-3-5-7-20)22-8-10-28-11-9-22/h12-13,21H,3-11,14-15H2,1-2H3. The van der Waals surface area contributed by atoms with Crippen LogP contribution in [0.3, 0.4) is 0 Å². The molecule has 0 spiro atoms. The van der Waals surface area contributed by atoms with Crippen LogP contribution in [0.25, 0.3) is 0 Å². The molecule has 28 heavy (non-hydrogen) atoms. The molecule has 3 rings (SSSR count). The van der Waals surface area contributed by atoms with Crippen molar-refractivity contribution < 1.29 is 19.1 Å². The molecule has 2 fully saturated rings. The van der Waals surface area contributed by atoms with Crippen molar-refractivity contribution in [3.63, 3.8) is 0 Å². The van der Waals surface area contributed by atoms with Crippen LogP contribution < -0.4 is 14.8 Å². The Bertz CT molecular complexity index is 670. The summed E-state index contributed by atoms with van der Waals surface area (Å²) in [5.41, 5.74) is 0.776. The average Bonchev–Trinajstić information content (AvgIpc) is 2.74. The Balaban J connectivity index is 1.73. The zero-order valence-corrected chi connectivity index (χ0v) is 16.9. The molecule has 0 aromatic heterocycles. The highest BCUT2D eigenvalue weighted by Gasteiger charge is 2.38. The fraction of sp³-hybridized carbons (Fsp3) is 0.700. The monoisotopic (exact) mass is 393 g/mol. The number of nitrogens with zero attached hydrogens (tertiary/aromatic N) is 2. The Hall–Kier alpha value is -1.90. The molecule has 0 radical (unpaired) electrons. The fourth-order valence-electron chi connectivity index (χ4n) is 4.50. The minimum atomic E-state index is -0.364. The Morgan fingerprint density at radius 2 is 1.79 bits per heavy atom. The summed E-state index contributed by atoms with van der Waals surface area (Å²) in [7, 11) is 3.02. The highest BCUT2D eigenvalue weighted by molar-refractivity contribution is 5.54. The predicted octanol–water partition coefficient (Wildman–Crippen LogP) is 2.74. The molecular weight excluding hydrogens is 362 g/mol. The molecule has 1 saturated carbocycles. The summed E-state index contributed by atoms with van der Waals surface area (Å²) < 4.78 is 16.1. The molecule has 1 aliphatic heterocycles. The minimum Gasteiger partial charge on any atom is -0.493 e. The first-order valence-corrected chi connectivity index (χ1v) is 10.0. The van der Waals surface area contributed by atoms with E-state index in [1.807, 2.05) is 0 Å². The lowest BCUT2D eigenvalue weighted by Crippen LogP contribution is -2.59. The van der Waals surface area contributed by atoms with Gasteiger partial charge in [-0.25, -0.2) is 0 Å². The number of hydrogen-bond acceptors (Lipinski definition) is 7. The number of hydrogen-bond donors (Lipinski definition) is 1. The highest BCUT2D eigenvalue weighted by atomic mass is 16.6. The number of morpholine rings is 1. The van der Waals surface area contributed by atoms with Gasteiger partial charge in [0.2, 0.25) is 0 Å². The lowest BCUT2D eigenvalue weighted by molar-refractivity contribution is -0.385. The second-order valence-corrected chi connectivity index (χ2v) is 7.58. The Morgan fingerprint density at radius 3 is 2.39 bits per heavy atom. The number of rotatable bonds is 8. The molecule has 1 heterocycles. The van der Waals surface area contributed by atoms with Gasteiger partial charge in [-0.15, -0.1) is 0 Å². The van der Waals surface area contributed by atoms with E-state index in [1.165, 1.54) is 39.5 Å². The quantitative estimate of drug-likeness (QED) is 0.537. The number of nitrogens with one attached hydrogen (secondary N) is 1. The zero-order chi connectivity index (χ0) is 20.0. The smallest absolute Gasteiger partial charge is 0.277 e. The molecular formula is C20H31N3O5. The van der Waals surface area contributed by atoms with Crippen molar-refractivity contribution in [2.24, 2.45) is 0 Å². The Kier molecular flexibility index (Phi) is 7.09. The maximum absolute atomic E-state index is 11.5. The first-order valence-electron chi connectivity index (χ1n) is 10.0. The third-order valence-corrected chi connectivity index (χ3v) is 6.02. The second-order valence-electron chi connectivity index (χ2n) is 7.58. The molecule has 8 heteroatoms. The van der Waals surface area contributed by atoms with Gasteiger partial charge in [-0.2, -0.15) is 0 Å². The molecule has 0 amide bonds. The third kappa shape index (κ3) is 4.56. The lowest BCUT2D eigenvalue weighted by atomic mass is 9.79. The lowest BCUT2D eigenvalue weighted by Gasteiger charge is -2.48. The summed E-state index contributed by atoms with van der Waals surface area (Å²) in [4.78, 5) is 13.7. The minimum absolute atomic E-state index is 0.0502. The van der Waals surface area contributed by atoms with E-state index in [2.05, 4.69) is 10.2 Å². The molecule has 1 aromatic rings. The highest BCUT2D eigenvalue weighted by Crippen LogP contribution is 2.36. The molecule has 2 aliphatic rings. The number of benzene rings is 1. The summed E-state index contributed by atoms with van der Waals surface area (Å²) >= 11 is 0. The van der Waals surface area contributed by atoms with Crippen LogP contribution in [0.2, 0.25) is 0 Å². The first kappa shape index (κ1) is 20.8. The van der Waals surface area contributed by atoms with Gasteiger partial charge in [0, 0.05) is 37.3 Å². The summed E-state index contributed by atoms with van der Waals surface area (Å²) in [5.74, 6) is 0.875. The van der Waals surface area contributed by atoms with Crippen molar-refractivity contribution >= 4 is 5.69 Å². The molecule has 8 nitrogen and oxygen atoms in total. The van der Waals surface area contributed by atoms with Crippen molar-refractivity contribution in [3.8, 4) is 11.5 Å². The van der Waals surface area contributed by atoms with Gasteiger partial charge in [-0.3, -0.25) is 15.0 Å². The maximum atomic E-state index is 11.5. The molecule has 1 saturated heterocycles. The number of nitro benzene ring substituents is 1. The van der Waals surface area contributed by atoms with E-state index in [0.29, 0.717) is 23.6 Å². The van der Waals surface area contributed by atoms with Gasteiger partial charge in [0.25, 0.3) is 5.69 Å². The summed E-state index contributed by atoms with van der Waals surface area (Å²) in [5, 5.41) is 15.0. The average molecular weight is 393 g/mol. The number of methoxy groups -OCH3 is 2. The van der Waals surface area contributed by atoms with Crippen LogP contribution in [-0.2, 0) is 11.3 Å². The fourth-order valence-corrected chi connectivity index (χ4v) is 4.50. The van der Waals surface area contributed by atoms with E-state index in [1.54, 1.807) is 6.07 Å². The van der Waals surface area contributed by atoms with Crippen LogP contribution in [0.15, 0.2) is 12.1 Å². The second kappa shape index (κ2) is 9.54. The van der Waals surface area contributed by atoms with E-state index in [4.69, 9.17) is 14.2 Å². The SMILES string of the molecule is COc1cc(CNCC2(N3CCOCC3)CCCCC2)c([N+](=O)[O-])cc1OC. The van der Waals surface area contributed by atoms with Crippen LogP contribution in [0.5, 0.6) is 11.5 Å². The van der Waals surface area contributed by atoms with E-state index in [9.17, 15) is 10.1 Å². The molecule has 1 aliphatic carbocycles. The summed E-state index contributed by atoms with van der Waals surface area (Å²) in [6, 6.07) is 3.14. The molecule has 1 N–H and O–H groups in total. The zero-order valence-electron chi connectivity index (χ0n) is 16.9. The largest absolute Gasteiger partial charge is 0.493 e. The van der Waals surface area contributed by atoms with Crippen LogP contribution >= 0.6 is 0 Å². The summed E-state index contributed by atoms with van der Waals surface area (Å²) in [6.07, 6.45) is 6.07. The molecule has 0 atom stereocenters. The topological polar surface area (TPSA) is 86.1 Å². The van der Waals surface area contributed by atoms with E-state index in [0.717, 1.165) is 45.7 Å². The number of nitro groups is 1. The van der Waals surface area contributed by atoms with Gasteiger partial charge in [-0.05, 0) is 18.9 Å². The molecule has 0 unspecified atom stereocenters. The van der Waals surface area contributed by atoms with Crippen LogP contribution in [0.1, 0.15) is 37.7 Å². The Morgan fingerprint density at radius 1 is 1.14 bits per heavy atom. The van der Waals surface area contributed by atoms with Crippen molar-refractivity contribution in [1.82, 2.24) is 10.2 Å². The predicted molar refractivity (Wildman–Crippen MR) is 106 cm³/mol. The van der Waals surface area contributed by atoms with Gasteiger partial charge in [0.05, 0.1) is 38.4 Å². The van der Waals surface area contributed by atoms with E-state index < -0.39 is 0 Å². The van der Waals surface area contributed by atoms with Crippen LogP contribution in [0, 0.1) is 10.1 Å². The molecule has 0 bridgehead atoms. The van der Waals surface area contributed by atoms with Gasteiger partial charge in [-0.1, -0.05) is 19.3 Å². The maximum Gasteiger partial charge on any atom is 0.277 e. The van der Waals surface area contributed by atoms with Gasteiger partial charge in [0.15, 0.2) is 11.5 Å². The van der Waals surface area contributed by atoms with E-state index >= 15 is 0 Å². The van der Waals surface area contributed by atoms with Crippen molar-refractivity contribution in [1.29, 1.82) is 0 Å². The molecule has 1 aromatic carbocycles. The van der Waals surface area contributed by atoms with Gasteiger partial charge < -0.3 is 19.5 Å². The van der Waals surface area contributed by atoms with Gasteiger partial charge in [0.1, 0.15) is 0 Å². The van der Waals surface area contributed by atoms with Crippen molar-refractivity contribution in [2.45, 2.75) is 44.2 Å². The van der Waals surface area contributed by atoms with Crippen LogP contribution in [0.4, 0.5) is 5.69 Å². The van der Waals surface area contributed by atoms with Crippen molar-refractivity contribution in [3.05, 3.63) is 27.8 Å².